The Hall–Kier alpha value is -2.91. The van der Waals surface area contributed by atoms with Crippen LogP contribution in [-0.4, -0.2) is 95.9 Å². The van der Waals surface area contributed by atoms with Crippen molar-refractivity contribution in [2.45, 2.75) is 51.1 Å². The van der Waals surface area contributed by atoms with Gasteiger partial charge < -0.3 is 29.7 Å². The van der Waals surface area contributed by atoms with E-state index in [4.69, 9.17) is 9.47 Å². The van der Waals surface area contributed by atoms with Gasteiger partial charge in [0.25, 0.3) is 5.91 Å². The lowest BCUT2D eigenvalue weighted by Gasteiger charge is -2.39. The quantitative estimate of drug-likeness (QED) is 0.248. The van der Waals surface area contributed by atoms with E-state index < -0.39 is 24.7 Å². The Morgan fingerprint density at radius 3 is 2.61 bits per heavy atom. The molecule has 1 unspecified atom stereocenters. The van der Waals surface area contributed by atoms with Gasteiger partial charge in [-0.05, 0) is 57.1 Å². The van der Waals surface area contributed by atoms with Crippen LogP contribution in [0.3, 0.4) is 0 Å². The number of carbonyl (C=O) groups excluding carboxylic acids is 2. The zero-order chi connectivity index (χ0) is 27.4. The number of hydrogen-bond donors (Lipinski definition) is 3. The predicted molar refractivity (Wildman–Crippen MR) is 141 cm³/mol. The molecule has 2 saturated heterocycles. The summed E-state index contributed by atoms with van der Waals surface area (Å²) in [7, 11) is -1.76. The first-order valence-electron chi connectivity index (χ1n) is 13.2. The smallest absolute Gasteiger partial charge is 0.447 e. The number of benzene rings is 1. The number of morpholine rings is 1. The molecule has 1 aromatic rings. The number of nitrogens with one attached hydrogen (secondary N) is 1. The maximum atomic E-state index is 13.4. The van der Waals surface area contributed by atoms with Crippen molar-refractivity contribution in [3.8, 4) is 6.07 Å². The molecule has 3 N–H and O–H groups in total. The van der Waals surface area contributed by atoms with E-state index in [9.17, 15) is 24.9 Å². The van der Waals surface area contributed by atoms with Gasteiger partial charge in [0.2, 0.25) is 0 Å². The first-order chi connectivity index (χ1) is 18.1. The van der Waals surface area contributed by atoms with Gasteiger partial charge in [0.15, 0.2) is 0 Å². The van der Waals surface area contributed by atoms with Gasteiger partial charge in [-0.2, -0.15) is 5.26 Å². The molecule has 4 rings (SSSR count). The molecular formula is C27H37BN4O6. The molecule has 1 aliphatic carbocycles. The Kier molecular flexibility index (Phi) is 8.78. The lowest BCUT2D eigenvalue weighted by Crippen LogP contribution is -2.50. The van der Waals surface area contributed by atoms with Crippen LogP contribution in [0.2, 0.25) is 0 Å². The highest BCUT2D eigenvalue weighted by atomic mass is 16.5. The fourth-order valence-corrected chi connectivity index (χ4v) is 5.46. The number of ether oxygens (including phenoxy) is 2. The minimum absolute atomic E-state index is 0.0247. The van der Waals surface area contributed by atoms with Crippen LogP contribution in [0.25, 0.3) is 0 Å². The number of nitrogens with zero attached hydrogens (tertiary/aromatic N) is 3. The topological polar surface area (TPSA) is 135 Å². The standard InChI is InChI=1S/C27H37BN4O6/c1-18-4-6-19(7-5-18)12-24(28(35)36)30-26(34)38-17-23-22-13-20(22)16-32(23)25(33)21(15-29)14-27(2,3)31-8-10-37-11-9-31/h4-7,14,20,22-24,35-36H,8-13,16-17H2,1-3H3,(H,30,34)/t20-,22-,23-,24?/m0/s1. The van der Waals surface area contributed by atoms with E-state index in [0.29, 0.717) is 25.7 Å². The molecule has 3 aliphatic rings. The van der Waals surface area contributed by atoms with Crippen LogP contribution in [0.15, 0.2) is 35.9 Å². The molecule has 11 heteroatoms. The van der Waals surface area contributed by atoms with Crippen molar-refractivity contribution in [2.75, 3.05) is 39.5 Å². The third-order valence-corrected chi connectivity index (χ3v) is 7.86. The molecule has 4 atom stereocenters. The number of fused-ring (bicyclic) bond motifs is 1. The first kappa shape index (κ1) is 28.1. The highest BCUT2D eigenvalue weighted by Crippen LogP contribution is 2.50. The second kappa shape index (κ2) is 11.9. The third kappa shape index (κ3) is 6.74. The van der Waals surface area contributed by atoms with Gasteiger partial charge >= 0.3 is 13.2 Å². The number of piperidine rings is 1. The molecule has 2 heterocycles. The number of amides is 2. The Morgan fingerprint density at radius 2 is 1.97 bits per heavy atom. The van der Waals surface area contributed by atoms with Gasteiger partial charge in [0.1, 0.15) is 18.2 Å². The van der Waals surface area contributed by atoms with E-state index in [0.717, 1.165) is 30.6 Å². The van der Waals surface area contributed by atoms with E-state index in [2.05, 4.69) is 16.3 Å². The largest absolute Gasteiger partial charge is 0.475 e. The summed E-state index contributed by atoms with van der Waals surface area (Å²) in [5.74, 6) is -0.726. The number of rotatable bonds is 9. The summed E-state index contributed by atoms with van der Waals surface area (Å²) >= 11 is 0. The zero-order valence-electron chi connectivity index (χ0n) is 22.3. The summed E-state index contributed by atoms with van der Waals surface area (Å²) in [6.45, 7) is 9.11. The second-order valence-corrected chi connectivity index (χ2v) is 11.1. The number of aryl methyl sites for hydroxylation is 1. The average Bonchev–Trinajstić information content (AvgIpc) is 3.58. The average molecular weight is 524 g/mol. The number of alkyl carbamates (subject to hydrolysis) is 1. The van der Waals surface area contributed by atoms with Crippen molar-refractivity contribution in [2.24, 2.45) is 11.8 Å². The number of likely N-dealkylation sites (tertiary alicyclic amines) is 1. The lowest BCUT2D eigenvalue weighted by molar-refractivity contribution is -0.129. The van der Waals surface area contributed by atoms with Crippen LogP contribution >= 0.6 is 0 Å². The zero-order valence-corrected chi connectivity index (χ0v) is 22.3. The molecule has 2 amide bonds. The van der Waals surface area contributed by atoms with Gasteiger partial charge in [-0.3, -0.25) is 9.69 Å². The van der Waals surface area contributed by atoms with Crippen LogP contribution in [0, 0.1) is 30.1 Å². The summed E-state index contributed by atoms with van der Waals surface area (Å²) in [6.07, 6.45) is 2.13. The van der Waals surface area contributed by atoms with E-state index >= 15 is 0 Å². The fourth-order valence-electron chi connectivity index (χ4n) is 5.46. The van der Waals surface area contributed by atoms with Crippen molar-refractivity contribution in [1.82, 2.24) is 15.1 Å². The lowest BCUT2D eigenvalue weighted by atomic mass is 9.76. The molecule has 1 saturated carbocycles. The molecule has 38 heavy (non-hydrogen) atoms. The third-order valence-electron chi connectivity index (χ3n) is 7.86. The van der Waals surface area contributed by atoms with Crippen molar-refractivity contribution < 1.29 is 29.1 Å². The fraction of sp³-hybridized carbons (Fsp3) is 0.593. The van der Waals surface area contributed by atoms with Crippen LogP contribution in [0.5, 0.6) is 0 Å². The Labute approximate surface area is 224 Å². The maximum absolute atomic E-state index is 13.4. The summed E-state index contributed by atoms with van der Waals surface area (Å²) in [6, 6.07) is 9.33. The molecule has 0 spiro atoms. The van der Waals surface area contributed by atoms with E-state index in [-0.39, 0.29) is 36.5 Å². The minimum Gasteiger partial charge on any atom is -0.447 e. The SMILES string of the molecule is Cc1ccc(CC(NC(=O)OC[C@H]2[C@H]3C[C@H]3CN2C(=O)C(C#N)=CC(C)(C)N2CCOCC2)B(O)O)cc1. The molecule has 0 radical (unpaired) electrons. The summed E-state index contributed by atoms with van der Waals surface area (Å²) in [5, 5.41) is 31.9. The van der Waals surface area contributed by atoms with Crippen LogP contribution in [0.1, 0.15) is 31.4 Å². The Morgan fingerprint density at radius 1 is 1.29 bits per heavy atom. The molecule has 1 aromatic carbocycles. The number of hydrogen-bond acceptors (Lipinski definition) is 8. The second-order valence-electron chi connectivity index (χ2n) is 11.1. The molecule has 204 valence electrons. The van der Waals surface area contributed by atoms with E-state index in [1.165, 1.54) is 0 Å². The van der Waals surface area contributed by atoms with Gasteiger partial charge in [-0.15, -0.1) is 0 Å². The number of nitriles is 1. The predicted octanol–water partition coefficient (Wildman–Crippen LogP) is 1.05. The summed E-state index contributed by atoms with van der Waals surface area (Å²) in [5.41, 5.74) is 1.52. The maximum Gasteiger partial charge on any atom is 0.475 e. The monoisotopic (exact) mass is 524 g/mol. The molecular weight excluding hydrogens is 487 g/mol. The molecule has 2 aliphatic heterocycles. The van der Waals surface area contributed by atoms with Crippen LogP contribution in [-0.2, 0) is 20.7 Å². The highest BCUT2D eigenvalue weighted by molar-refractivity contribution is 6.43. The van der Waals surface area contributed by atoms with Crippen LogP contribution in [0.4, 0.5) is 4.79 Å². The highest BCUT2D eigenvalue weighted by Gasteiger charge is 2.54. The van der Waals surface area contributed by atoms with Crippen molar-refractivity contribution in [1.29, 1.82) is 5.26 Å². The molecule has 10 nitrogen and oxygen atoms in total. The van der Waals surface area contributed by atoms with Gasteiger partial charge in [-0.1, -0.05) is 29.8 Å². The molecule has 3 fully saturated rings. The van der Waals surface area contributed by atoms with Gasteiger partial charge in [0, 0.05) is 25.2 Å². The van der Waals surface area contributed by atoms with Gasteiger partial charge in [0.05, 0.1) is 25.2 Å². The summed E-state index contributed by atoms with van der Waals surface area (Å²) < 4.78 is 10.9. The van der Waals surface area contributed by atoms with Crippen molar-refractivity contribution >= 4 is 19.1 Å². The Bertz CT molecular complexity index is 1080. The minimum atomic E-state index is -1.76. The summed E-state index contributed by atoms with van der Waals surface area (Å²) in [4.78, 5) is 29.8. The Balaban J connectivity index is 1.36. The van der Waals surface area contributed by atoms with E-state index in [1.54, 1.807) is 11.0 Å². The van der Waals surface area contributed by atoms with Crippen molar-refractivity contribution in [3.63, 3.8) is 0 Å². The molecule has 0 bridgehead atoms. The normalized spacial score (nSPS) is 24.3. The van der Waals surface area contributed by atoms with E-state index in [1.807, 2.05) is 45.0 Å². The molecule has 0 aromatic heterocycles. The van der Waals surface area contributed by atoms with Crippen molar-refractivity contribution in [3.05, 3.63) is 47.0 Å². The first-order valence-corrected chi connectivity index (χ1v) is 13.2. The van der Waals surface area contributed by atoms with Crippen LogP contribution < -0.4 is 5.32 Å². The van der Waals surface area contributed by atoms with Gasteiger partial charge in [-0.25, -0.2) is 4.79 Å². The number of carbonyl (C=O) groups is 2.